The van der Waals surface area contributed by atoms with Crippen molar-refractivity contribution in [3.05, 3.63) is 16.8 Å². The first kappa shape index (κ1) is 13.3. The third-order valence-electron chi connectivity index (χ3n) is 3.79. The first-order chi connectivity index (χ1) is 9.50. The topological polar surface area (TPSA) is 95.3 Å². The van der Waals surface area contributed by atoms with Crippen LogP contribution < -0.4 is 5.32 Å². The maximum absolute atomic E-state index is 11.2. The smallest absolute Gasteiger partial charge is 0.346 e. The number of aryl methyl sites for hydroxylation is 1. The Morgan fingerprint density at radius 1 is 1.50 bits per heavy atom. The summed E-state index contributed by atoms with van der Waals surface area (Å²) in [5.74, 6) is -0.356. The molecule has 0 bridgehead atoms. The number of carbonyl (C=O) groups is 1. The molecule has 0 aromatic carbocycles. The minimum atomic E-state index is -0.950. The van der Waals surface area contributed by atoms with E-state index in [0.29, 0.717) is 22.8 Å². The van der Waals surface area contributed by atoms with Crippen LogP contribution in [0.3, 0.4) is 0 Å². The molecule has 0 spiro atoms. The highest BCUT2D eigenvalue weighted by molar-refractivity contribution is 7.20. The number of aromatic nitrogens is 2. The van der Waals surface area contributed by atoms with E-state index >= 15 is 0 Å². The second-order valence-corrected chi connectivity index (χ2v) is 6.19. The van der Waals surface area contributed by atoms with E-state index in [1.165, 1.54) is 6.33 Å². The SMILES string of the molecule is Cc1c(C(=O)O)sc2ncnc(NCC3(O)CCC3)c12. The summed E-state index contributed by atoms with van der Waals surface area (Å²) < 4.78 is 0. The number of thiophene rings is 1. The van der Waals surface area contributed by atoms with Crippen molar-refractivity contribution in [1.82, 2.24) is 9.97 Å². The van der Waals surface area contributed by atoms with Gasteiger partial charge in [0.1, 0.15) is 21.9 Å². The highest BCUT2D eigenvalue weighted by Crippen LogP contribution is 2.35. The highest BCUT2D eigenvalue weighted by atomic mass is 32.1. The van der Waals surface area contributed by atoms with E-state index in [9.17, 15) is 9.90 Å². The lowest BCUT2D eigenvalue weighted by molar-refractivity contribution is -0.0202. The van der Waals surface area contributed by atoms with Gasteiger partial charge >= 0.3 is 5.97 Å². The van der Waals surface area contributed by atoms with Gasteiger partial charge in [0, 0.05) is 6.54 Å². The number of aliphatic hydroxyl groups is 1. The Labute approximate surface area is 119 Å². The number of anilines is 1. The number of hydrogen-bond acceptors (Lipinski definition) is 6. The van der Waals surface area contributed by atoms with E-state index in [1.54, 1.807) is 6.92 Å². The van der Waals surface area contributed by atoms with Crippen molar-refractivity contribution in [2.24, 2.45) is 0 Å². The maximum atomic E-state index is 11.2. The fourth-order valence-electron chi connectivity index (χ4n) is 2.42. The Hall–Kier alpha value is -1.73. The van der Waals surface area contributed by atoms with Crippen molar-refractivity contribution in [3.63, 3.8) is 0 Å². The minimum Gasteiger partial charge on any atom is -0.477 e. The summed E-state index contributed by atoms with van der Waals surface area (Å²) in [5.41, 5.74) is 0.0119. The van der Waals surface area contributed by atoms with Crippen LogP contribution in [-0.4, -0.2) is 38.3 Å². The van der Waals surface area contributed by atoms with Crippen LogP contribution in [0.2, 0.25) is 0 Å². The molecule has 2 heterocycles. The number of aromatic carboxylic acids is 1. The molecule has 7 heteroatoms. The minimum absolute atomic E-state index is 0.283. The predicted molar refractivity (Wildman–Crippen MR) is 76.4 cm³/mol. The molecule has 0 amide bonds. The fraction of sp³-hybridized carbons (Fsp3) is 0.462. The van der Waals surface area contributed by atoms with E-state index in [2.05, 4.69) is 15.3 Å². The largest absolute Gasteiger partial charge is 0.477 e. The molecule has 0 aliphatic heterocycles. The van der Waals surface area contributed by atoms with Crippen molar-refractivity contribution < 1.29 is 15.0 Å². The molecule has 2 aromatic heterocycles. The standard InChI is InChI=1S/C13H15N3O3S/c1-7-8-10(14-5-13(19)3-2-4-13)15-6-16-11(8)20-9(7)12(17)18/h6,19H,2-5H2,1H3,(H,17,18)(H,14,15,16). The second kappa shape index (κ2) is 4.68. The predicted octanol–water partition coefficient (Wildman–Crippen LogP) is 2.02. The molecule has 3 N–H and O–H groups in total. The van der Waals surface area contributed by atoms with E-state index in [-0.39, 0.29) is 4.88 Å². The second-order valence-electron chi connectivity index (χ2n) is 5.20. The third kappa shape index (κ3) is 2.12. The van der Waals surface area contributed by atoms with Gasteiger partial charge in [-0.25, -0.2) is 14.8 Å². The van der Waals surface area contributed by atoms with Crippen LogP contribution in [0, 0.1) is 6.92 Å². The lowest BCUT2D eigenvalue weighted by Crippen LogP contribution is -2.43. The Morgan fingerprint density at radius 2 is 2.25 bits per heavy atom. The molecule has 3 rings (SSSR count). The van der Waals surface area contributed by atoms with Crippen LogP contribution in [0.5, 0.6) is 0 Å². The van der Waals surface area contributed by atoms with Gasteiger partial charge < -0.3 is 15.5 Å². The maximum Gasteiger partial charge on any atom is 0.346 e. The summed E-state index contributed by atoms with van der Waals surface area (Å²) in [4.78, 5) is 20.4. The van der Waals surface area contributed by atoms with Gasteiger partial charge in [0.05, 0.1) is 11.0 Å². The van der Waals surface area contributed by atoms with Gasteiger partial charge in [0.25, 0.3) is 0 Å². The zero-order valence-electron chi connectivity index (χ0n) is 11.0. The van der Waals surface area contributed by atoms with Crippen molar-refractivity contribution in [1.29, 1.82) is 0 Å². The van der Waals surface area contributed by atoms with Crippen LogP contribution in [0.4, 0.5) is 5.82 Å². The number of rotatable bonds is 4. The van der Waals surface area contributed by atoms with Crippen molar-refractivity contribution in [2.45, 2.75) is 31.8 Å². The average Bonchev–Trinajstić information content (AvgIpc) is 2.72. The number of hydrogen-bond donors (Lipinski definition) is 3. The van der Waals surface area contributed by atoms with Crippen molar-refractivity contribution in [2.75, 3.05) is 11.9 Å². The van der Waals surface area contributed by atoms with Gasteiger partial charge in [-0.1, -0.05) is 0 Å². The number of carboxylic acid groups (broad SMARTS) is 1. The lowest BCUT2D eigenvalue weighted by Gasteiger charge is -2.36. The molecule has 0 unspecified atom stereocenters. The zero-order valence-corrected chi connectivity index (χ0v) is 11.8. The summed E-state index contributed by atoms with van der Waals surface area (Å²) in [7, 11) is 0. The van der Waals surface area contributed by atoms with Gasteiger partial charge in [-0.05, 0) is 31.7 Å². The molecule has 0 saturated heterocycles. The molecule has 6 nitrogen and oxygen atoms in total. The Bertz CT molecular complexity index is 679. The molecule has 0 atom stereocenters. The molecule has 106 valence electrons. The molecule has 0 radical (unpaired) electrons. The Morgan fingerprint density at radius 3 is 2.85 bits per heavy atom. The van der Waals surface area contributed by atoms with E-state index in [4.69, 9.17) is 5.11 Å². The first-order valence-electron chi connectivity index (χ1n) is 6.44. The van der Waals surface area contributed by atoms with Crippen LogP contribution in [-0.2, 0) is 0 Å². The Balaban J connectivity index is 1.96. The molecule has 1 aliphatic carbocycles. The molecule has 20 heavy (non-hydrogen) atoms. The molecular formula is C13H15N3O3S. The average molecular weight is 293 g/mol. The van der Waals surface area contributed by atoms with Crippen LogP contribution >= 0.6 is 11.3 Å². The van der Waals surface area contributed by atoms with Gasteiger partial charge in [-0.3, -0.25) is 0 Å². The molecule has 2 aromatic rings. The molecule has 1 fully saturated rings. The summed E-state index contributed by atoms with van der Waals surface area (Å²) >= 11 is 1.15. The molecule has 1 aliphatic rings. The third-order valence-corrected chi connectivity index (χ3v) is 4.98. The summed E-state index contributed by atoms with van der Waals surface area (Å²) in [5, 5.41) is 23.1. The summed E-state index contributed by atoms with van der Waals surface area (Å²) in [6.45, 7) is 2.19. The monoisotopic (exact) mass is 293 g/mol. The van der Waals surface area contributed by atoms with E-state index < -0.39 is 11.6 Å². The zero-order chi connectivity index (χ0) is 14.3. The highest BCUT2D eigenvalue weighted by Gasteiger charge is 2.34. The van der Waals surface area contributed by atoms with Gasteiger partial charge in [0.2, 0.25) is 0 Å². The number of nitrogens with zero attached hydrogens (tertiary/aromatic N) is 2. The number of nitrogens with one attached hydrogen (secondary N) is 1. The van der Waals surface area contributed by atoms with Crippen LogP contribution in [0.1, 0.15) is 34.5 Å². The van der Waals surface area contributed by atoms with Gasteiger partial charge in [-0.15, -0.1) is 11.3 Å². The fourth-order valence-corrected chi connectivity index (χ4v) is 3.41. The van der Waals surface area contributed by atoms with Crippen LogP contribution in [0.25, 0.3) is 10.2 Å². The summed E-state index contributed by atoms with van der Waals surface area (Å²) in [6, 6.07) is 0. The molecular weight excluding hydrogens is 278 g/mol. The van der Waals surface area contributed by atoms with Gasteiger partial charge in [-0.2, -0.15) is 0 Å². The van der Waals surface area contributed by atoms with Crippen molar-refractivity contribution in [3.8, 4) is 0 Å². The van der Waals surface area contributed by atoms with E-state index in [0.717, 1.165) is 36.0 Å². The van der Waals surface area contributed by atoms with Crippen LogP contribution in [0.15, 0.2) is 6.33 Å². The quantitative estimate of drug-likeness (QED) is 0.798. The first-order valence-corrected chi connectivity index (χ1v) is 7.25. The summed E-state index contributed by atoms with van der Waals surface area (Å²) in [6.07, 6.45) is 4.03. The van der Waals surface area contributed by atoms with Gasteiger partial charge in [0.15, 0.2) is 0 Å². The normalized spacial score (nSPS) is 16.9. The van der Waals surface area contributed by atoms with Crippen molar-refractivity contribution >= 4 is 33.3 Å². The lowest BCUT2D eigenvalue weighted by atomic mass is 9.80. The Kier molecular flexibility index (Phi) is 3.10. The van der Waals surface area contributed by atoms with E-state index in [1.807, 2.05) is 0 Å². The number of fused-ring (bicyclic) bond motifs is 1. The number of carboxylic acids is 1. The molecule has 1 saturated carbocycles.